The number of rotatable bonds is 13. The predicted octanol–water partition coefficient (Wildman–Crippen LogP) is 13.7. The number of aryl methyl sites for hydroxylation is 1. The Morgan fingerprint density at radius 1 is 0.451 bits per heavy atom. The van der Waals surface area contributed by atoms with E-state index in [1.807, 2.05) is 97.1 Å². The Kier molecular flexibility index (Phi) is 21.3. The molecular weight excluding hydrogens is 1580 g/mol. The third-order valence-electron chi connectivity index (χ3n) is 20.1. The van der Waals surface area contributed by atoms with E-state index in [1.165, 1.54) is 68.7 Å². The zero-order chi connectivity index (χ0) is 84.5. The highest BCUT2D eigenvalue weighted by molar-refractivity contribution is 6.23. The maximum absolute atomic E-state index is 15.6. The molecule has 6 amide bonds. The fourth-order valence-electron chi connectivity index (χ4n) is 14.5. The molecule has 0 bridgehead atoms. The summed E-state index contributed by atoms with van der Waals surface area (Å²) in [6.45, 7) is 3.45. The molecule has 1 fully saturated rings. The number of benzene rings is 8. The van der Waals surface area contributed by atoms with E-state index < -0.39 is 94.5 Å². The highest BCUT2D eigenvalue weighted by Gasteiger charge is 2.38. The Morgan fingerprint density at radius 2 is 0.934 bits per heavy atom. The highest BCUT2D eigenvalue weighted by Crippen LogP contribution is 2.37. The summed E-state index contributed by atoms with van der Waals surface area (Å²) < 4.78 is 104. The Hall–Kier alpha value is -16.1. The summed E-state index contributed by atoms with van der Waals surface area (Å²) >= 11 is 0. The summed E-state index contributed by atoms with van der Waals surface area (Å²) in [5.74, 6) is -7.35. The van der Waals surface area contributed by atoms with Gasteiger partial charge in [-0.1, -0.05) is 146 Å². The molecule has 26 nitrogen and oxygen atoms in total. The van der Waals surface area contributed by atoms with E-state index in [4.69, 9.17) is 4.99 Å². The zero-order valence-corrected chi connectivity index (χ0v) is 63.7. The number of carbonyl (C=O) groups is 6. The van der Waals surface area contributed by atoms with Crippen molar-refractivity contribution in [1.29, 1.82) is 0 Å². The molecule has 604 valence electrons. The smallest absolute Gasteiger partial charge is 0.371 e. The van der Waals surface area contributed by atoms with Gasteiger partial charge in [0.25, 0.3) is 35.4 Å². The van der Waals surface area contributed by atoms with Crippen molar-refractivity contribution in [2.24, 2.45) is 15.0 Å². The van der Waals surface area contributed by atoms with Crippen LogP contribution in [0.2, 0.25) is 0 Å². The van der Waals surface area contributed by atoms with Crippen LogP contribution in [0, 0.1) is 30.2 Å². The van der Waals surface area contributed by atoms with Crippen LogP contribution in [-0.2, 0) is 20.6 Å². The van der Waals surface area contributed by atoms with Crippen molar-refractivity contribution in [3.05, 3.63) is 346 Å². The van der Waals surface area contributed by atoms with Gasteiger partial charge in [0.2, 0.25) is 18.5 Å². The third-order valence-corrected chi connectivity index (χ3v) is 20.1. The van der Waals surface area contributed by atoms with Crippen LogP contribution in [0.25, 0.3) is 50.7 Å². The molecule has 6 N–H and O–H groups in total. The van der Waals surface area contributed by atoms with Gasteiger partial charge in [-0.2, -0.15) is 28.5 Å². The molecule has 15 aromatic rings. The second-order valence-corrected chi connectivity index (χ2v) is 28.1. The minimum absolute atomic E-state index is 0.00303. The van der Waals surface area contributed by atoms with Crippen LogP contribution in [0.4, 0.5) is 53.5 Å². The van der Waals surface area contributed by atoms with Crippen molar-refractivity contribution in [2.75, 3.05) is 33.9 Å². The SMILES string of the molecule is Cc1ccc2nc(-c3cncc(C(F)(F)F)c3)c(C(=O)N[C@H]3N=C(c4ccccc4)c4ccccc4NC3=O)n2n1.O=C(N[C@H]1N=C(c2ccccc2)c2cccc(F)c2NC1=O)c1c(-c2c(F)cccc2F)nn2cccnc12.O=C(N[C@H]1N=C(c2ccccc2)c2ccccc2NC1=O)c1c(-c2ccc(N3CCCC3)cc2F)nn2cccnc12. The van der Waals surface area contributed by atoms with Crippen LogP contribution in [0.15, 0.2) is 277 Å². The predicted molar refractivity (Wildman–Crippen MR) is 439 cm³/mol. The van der Waals surface area contributed by atoms with E-state index in [1.54, 1.807) is 92.0 Å². The monoisotopic (exact) mass is 1640 g/mol. The molecule has 7 aromatic heterocycles. The number of pyridine rings is 1. The van der Waals surface area contributed by atoms with Gasteiger partial charge in [-0.15, -0.1) is 0 Å². The van der Waals surface area contributed by atoms with Gasteiger partial charge in [-0.25, -0.2) is 61.0 Å². The molecule has 4 aliphatic rings. The molecule has 11 heterocycles. The van der Waals surface area contributed by atoms with E-state index in [-0.39, 0.29) is 73.4 Å². The van der Waals surface area contributed by atoms with E-state index in [0.29, 0.717) is 51.4 Å². The minimum Gasteiger partial charge on any atom is -0.371 e. The summed E-state index contributed by atoms with van der Waals surface area (Å²) in [5, 5.41) is 29.1. The quantitative estimate of drug-likeness (QED) is 0.0585. The number of nitrogens with zero attached hydrogens (tertiary/aromatic N) is 14. The molecule has 122 heavy (non-hydrogen) atoms. The number of hydrogen-bond acceptors (Lipinski definition) is 17. The van der Waals surface area contributed by atoms with Crippen LogP contribution in [-0.4, -0.2) is 133 Å². The van der Waals surface area contributed by atoms with Crippen LogP contribution >= 0.6 is 0 Å². The molecule has 4 aliphatic heterocycles. The average molecular weight is 1640 g/mol. The summed E-state index contributed by atoms with van der Waals surface area (Å²) in [5.41, 5.74) is 5.81. The van der Waals surface area contributed by atoms with E-state index >= 15 is 4.39 Å². The topological polar surface area (TPSA) is 318 Å². The maximum Gasteiger partial charge on any atom is 0.417 e. The lowest BCUT2D eigenvalue weighted by atomic mass is 10.0. The normalized spacial score (nSPS) is 15.5. The lowest BCUT2D eigenvalue weighted by Gasteiger charge is -2.18. The van der Waals surface area contributed by atoms with Gasteiger partial charge < -0.3 is 36.8 Å². The Bertz CT molecular complexity index is 6770. The average Bonchev–Trinajstić information content (AvgIpc) is 1.62. The number of anilines is 4. The third kappa shape index (κ3) is 15.7. The number of amides is 6. The number of para-hydroxylation sites is 3. The maximum atomic E-state index is 15.6. The van der Waals surface area contributed by atoms with E-state index in [9.17, 15) is 55.1 Å². The van der Waals surface area contributed by atoms with Crippen LogP contribution in [0.1, 0.15) is 88.7 Å². The lowest BCUT2D eigenvalue weighted by Crippen LogP contribution is -2.43. The van der Waals surface area contributed by atoms with Crippen molar-refractivity contribution in [1.82, 2.24) is 64.7 Å². The molecule has 1 saturated heterocycles. The number of benzodiazepines with no additional fused rings is 3. The first-order valence-corrected chi connectivity index (χ1v) is 38.0. The number of imidazole rings is 1. The Balaban J connectivity index is 0.000000130. The Morgan fingerprint density at radius 3 is 1.48 bits per heavy atom. The van der Waals surface area contributed by atoms with Crippen LogP contribution in [0.5, 0.6) is 0 Å². The lowest BCUT2D eigenvalue weighted by molar-refractivity contribution is -0.137. The second kappa shape index (κ2) is 33.1. The molecule has 0 unspecified atom stereocenters. The van der Waals surface area contributed by atoms with Gasteiger partial charge in [0, 0.05) is 100 Å². The zero-order valence-electron chi connectivity index (χ0n) is 63.7. The van der Waals surface area contributed by atoms with Crippen LogP contribution < -0.4 is 36.8 Å². The standard InChI is InChI=1S/C32H26FN7O2.C29H20F3N7O2.C28H17F3N6O2/c33-24-19-21(39-16-6-7-17-39)13-14-22(24)28-26(30-34-15-8-18-40(30)38-28)31(41)37-29-32(42)35-25-12-5-4-11-23(25)27(36-29)20-9-2-1-3-10-20;1-16-11-12-22-35-24(18-13-19(15-33-14-18)29(30,31)32)25(39(22)38-16)27(40)37-26-28(41)34-21-10-6-5-9-20(21)23(36-26)17-7-3-2-4-8-17;29-17-10-5-11-18(30)20(17)24-21(26-32-13-6-14-37(26)36-24)27(38)35-25-28(39)34-23-16(9-4-12-19(23)31)22(33-25)15-7-2-1-3-8-15/h1-5,8-15,18-19,29H,6-7,16-17H2,(H,35,42)(H,37,41);2-15,26H,1H3,(H,34,41)(H,37,40);1-14,25H,(H,34,39)(H,35,38)/t29-;26-;25-/m111/s1. The summed E-state index contributed by atoms with van der Waals surface area (Å²) in [6.07, 6.45) is 1.19. The largest absolute Gasteiger partial charge is 0.417 e. The van der Waals surface area contributed by atoms with Gasteiger partial charge in [-0.3, -0.25) is 33.8 Å². The first kappa shape index (κ1) is 78.4. The number of fused-ring (bicyclic) bond motifs is 6. The molecule has 0 saturated carbocycles. The molecular formula is C89H63F7N20O6. The Labute approximate surface area is 686 Å². The molecule has 0 radical (unpaired) electrons. The van der Waals surface area contributed by atoms with Crippen molar-refractivity contribution in [2.45, 2.75) is 44.4 Å². The number of halogens is 7. The van der Waals surface area contributed by atoms with Crippen molar-refractivity contribution < 1.29 is 59.5 Å². The molecule has 33 heteroatoms. The van der Waals surface area contributed by atoms with Crippen LogP contribution in [0.3, 0.4) is 0 Å². The number of carbonyl (C=O) groups excluding carboxylic acids is 6. The van der Waals surface area contributed by atoms with Gasteiger partial charge in [-0.05, 0) is 98.6 Å². The number of alkyl halides is 3. The van der Waals surface area contributed by atoms with E-state index in [0.717, 1.165) is 66.5 Å². The summed E-state index contributed by atoms with van der Waals surface area (Å²) in [7, 11) is 0. The molecule has 8 aromatic carbocycles. The fourth-order valence-corrected chi connectivity index (χ4v) is 14.5. The van der Waals surface area contributed by atoms with E-state index in [2.05, 4.69) is 82.0 Å². The van der Waals surface area contributed by atoms with Crippen molar-refractivity contribution in [3.63, 3.8) is 0 Å². The molecule has 0 aliphatic carbocycles. The highest BCUT2D eigenvalue weighted by atomic mass is 19.4. The minimum atomic E-state index is -4.66. The van der Waals surface area contributed by atoms with Gasteiger partial charge >= 0.3 is 6.18 Å². The van der Waals surface area contributed by atoms with Gasteiger partial charge in [0.1, 0.15) is 51.5 Å². The fraction of sp³-hybridized carbons (Fsp3) is 0.101. The van der Waals surface area contributed by atoms with Crippen molar-refractivity contribution >= 4 is 92.3 Å². The number of hydrogen-bond donors (Lipinski definition) is 6. The van der Waals surface area contributed by atoms with Gasteiger partial charge in [0.15, 0.2) is 22.6 Å². The van der Waals surface area contributed by atoms with Gasteiger partial charge in [0.05, 0.1) is 51.0 Å². The second-order valence-electron chi connectivity index (χ2n) is 28.1. The first-order valence-electron chi connectivity index (χ1n) is 38.0. The number of aliphatic imine (C=N–C) groups is 3. The first-order chi connectivity index (χ1) is 59.2. The summed E-state index contributed by atoms with van der Waals surface area (Å²) in [4.78, 5) is 114. The number of aromatic nitrogens is 10. The van der Waals surface area contributed by atoms with Crippen molar-refractivity contribution in [3.8, 4) is 33.8 Å². The molecule has 0 spiro atoms. The number of nitrogens with one attached hydrogen (secondary N) is 6. The molecule has 19 rings (SSSR count). The summed E-state index contributed by atoms with van der Waals surface area (Å²) in [6, 6.07) is 61.7. The molecule has 3 atom stereocenters.